The summed E-state index contributed by atoms with van der Waals surface area (Å²) in [5.41, 5.74) is 8.84. The molecule has 0 unspecified atom stereocenters. The molecule has 0 fully saturated rings. The van der Waals surface area contributed by atoms with Crippen LogP contribution < -0.4 is 16.6 Å². The van der Waals surface area contributed by atoms with Crippen molar-refractivity contribution < 1.29 is 9.21 Å². The number of nitrogen functional groups attached to an aromatic ring is 1. The first-order valence-electron chi connectivity index (χ1n) is 9.80. The molecule has 0 aliphatic carbocycles. The normalized spacial score (nSPS) is 10.7. The molecule has 156 valence electrons. The van der Waals surface area contributed by atoms with Gasteiger partial charge in [-0.1, -0.05) is 6.07 Å². The van der Waals surface area contributed by atoms with Gasteiger partial charge in [0.25, 0.3) is 11.5 Å². The minimum absolute atomic E-state index is 0.0810. The second-order valence-corrected chi connectivity index (χ2v) is 6.84. The number of aromatic nitrogens is 3. The topological polar surface area (TPSA) is 116 Å². The molecule has 31 heavy (non-hydrogen) atoms. The van der Waals surface area contributed by atoms with Gasteiger partial charge in [0.1, 0.15) is 11.5 Å². The Morgan fingerprint density at radius 2 is 2.06 bits per heavy atom. The van der Waals surface area contributed by atoms with Gasteiger partial charge in [-0.15, -0.1) is 0 Å². The van der Waals surface area contributed by atoms with E-state index in [0.29, 0.717) is 23.6 Å². The van der Waals surface area contributed by atoms with E-state index in [4.69, 9.17) is 10.2 Å². The van der Waals surface area contributed by atoms with Crippen LogP contribution in [0.2, 0.25) is 0 Å². The van der Waals surface area contributed by atoms with Gasteiger partial charge >= 0.3 is 0 Å². The van der Waals surface area contributed by atoms with Crippen LogP contribution in [0.4, 0.5) is 5.82 Å². The zero-order valence-corrected chi connectivity index (χ0v) is 16.9. The fraction of sp³-hybridized carbons (Fsp3) is 0.130. The van der Waals surface area contributed by atoms with Crippen LogP contribution in [0.3, 0.4) is 0 Å². The average Bonchev–Trinajstić information content (AvgIpc) is 3.33. The summed E-state index contributed by atoms with van der Waals surface area (Å²) in [6, 6.07) is 13.9. The first kappa shape index (κ1) is 20.1. The number of hydrogen-bond donors (Lipinski definition) is 2. The van der Waals surface area contributed by atoms with Gasteiger partial charge in [0.15, 0.2) is 5.76 Å². The Kier molecular flexibility index (Phi) is 5.61. The van der Waals surface area contributed by atoms with Crippen molar-refractivity contribution in [3.63, 3.8) is 0 Å². The van der Waals surface area contributed by atoms with E-state index in [-0.39, 0.29) is 29.4 Å². The summed E-state index contributed by atoms with van der Waals surface area (Å²) < 4.78 is 7.11. The third kappa shape index (κ3) is 4.23. The summed E-state index contributed by atoms with van der Waals surface area (Å²) >= 11 is 0. The number of rotatable bonds is 6. The lowest BCUT2D eigenvalue weighted by atomic mass is 10.0. The minimum Gasteiger partial charge on any atom is -0.463 e. The highest BCUT2D eigenvalue weighted by Gasteiger charge is 2.19. The second-order valence-electron chi connectivity index (χ2n) is 6.84. The number of hydrogen-bond acceptors (Lipinski definition) is 6. The molecule has 0 saturated carbocycles. The monoisotopic (exact) mass is 415 g/mol. The van der Waals surface area contributed by atoms with E-state index < -0.39 is 0 Å². The molecular weight excluding hydrogens is 394 g/mol. The van der Waals surface area contributed by atoms with Crippen LogP contribution in [-0.4, -0.2) is 20.4 Å². The summed E-state index contributed by atoms with van der Waals surface area (Å²) in [7, 11) is 0. The largest absolute Gasteiger partial charge is 0.463 e. The fourth-order valence-electron chi connectivity index (χ4n) is 3.24. The van der Waals surface area contributed by atoms with Gasteiger partial charge in [-0.25, -0.2) is 4.98 Å². The average molecular weight is 415 g/mol. The number of carbonyl (C=O) groups excluding carboxylic acids is 1. The standard InChI is InChI=1S/C23H21N5O3/c1-2-28-14-15(8-9-20(28)29)17-12-18(22(24)27-21(17)19-7-5-11-31-19)23(30)26-13-16-6-3-4-10-25-16/h3-12,14H,2,13H2,1H3,(H2,24,27)(H,26,30). The van der Waals surface area contributed by atoms with Gasteiger partial charge < -0.3 is 20.0 Å². The maximum Gasteiger partial charge on any atom is 0.255 e. The fourth-order valence-corrected chi connectivity index (χ4v) is 3.24. The molecule has 0 bridgehead atoms. The Hall–Kier alpha value is -4.20. The van der Waals surface area contributed by atoms with Gasteiger partial charge in [0.2, 0.25) is 0 Å². The van der Waals surface area contributed by atoms with Crippen LogP contribution in [0.15, 0.2) is 76.4 Å². The number of anilines is 1. The first-order chi connectivity index (χ1) is 15.1. The molecule has 0 aliphatic rings. The molecule has 0 spiro atoms. The number of carbonyl (C=O) groups is 1. The van der Waals surface area contributed by atoms with E-state index in [1.54, 1.807) is 41.2 Å². The highest BCUT2D eigenvalue weighted by molar-refractivity contribution is 6.00. The lowest BCUT2D eigenvalue weighted by molar-refractivity contribution is 0.0951. The summed E-state index contributed by atoms with van der Waals surface area (Å²) in [5.74, 6) is 0.223. The number of nitrogens with one attached hydrogen (secondary N) is 1. The van der Waals surface area contributed by atoms with Crippen molar-refractivity contribution in [3.05, 3.63) is 88.8 Å². The van der Waals surface area contributed by atoms with Crippen molar-refractivity contribution in [2.45, 2.75) is 20.0 Å². The Morgan fingerprint density at radius 3 is 2.77 bits per heavy atom. The second kappa shape index (κ2) is 8.66. The summed E-state index contributed by atoms with van der Waals surface area (Å²) in [6.45, 7) is 2.66. The molecule has 1 amide bonds. The molecule has 0 aliphatic heterocycles. The lowest BCUT2D eigenvalue weighted by Gasteiger charge is -2.14. The van der Waals surface area contributed by atoms with E-state index in [2.05, 4.69) is 15.3 Å². The SMILES string of the molecule is CCn1cc(-c2cc(C(=O)NCc3ccccn3)c(N)nc2-c2ccco2)ccc1=O. The van der Waals surface area contributed by atoms with Gasteiger partial charge in [0.05, 0.1) is 24.1 Å². The quantitative estimate of drug-likeness (QED) is 0.500. The molecule has 0 saturated heterocycles. The molecular formula is C23H21N5O3. The molecule has 3 N–H and O–H groups in total. The van der Waals surface area contributed by atoms with E-state index in [9.17, 15) is 9.59 Å². The summed E-state index contributed by atoms with van der Waals surface area (Å²) in [5, 5.41) is 2.82. The molecule has 0 atom stereocenters. The van der Waals surface area contributed by atoms with Crippen molar-refractivity contribution in [2.24, 2.45) is 0 Å². The van der Waals surface area contributed by atoms with Crippen molar-refractivity contribution in [3.8, 4) is 22.6 Å². The van der Waals surface area contributed by atoms with Crippen LogP contribution >= 0.6 is 0 Å². The number of nitrogens with zero attached hydrogens (tertiary/aromatic N) is 3. The zero-order chi connectivity index (χ0) is 21.8. The summed E-state index contributed by atoms with van der Waals surface area (Å²) in [6.07, 6.45) is 4.94. The van der Waals surface area contributed by atoms with Gasteiger partial charge in [-0.05, 0) is 43.3 Å². The molecule has 8 heteroatoms. The molecule has 4 heterocycles. The van der Waals surface area contributed by atoms with Crippen LogP contribution in [0, 0.1) is 0 Å². The third-order valence-corrected chi connectivity index (χ3v) is 4.84. The maximum atomic E-state index is 12.9. The Labute approximate surface area is 178 Å². The van der Waals surface area contributed by atoms with E-state index >= 15 is 0 Å². The highest BCUT2D eigenvalue weighted by atomic mass is 16.3. The van der Waals surface area contributed by atoms with Gasteiger partial charge in [-0.3, -0.25) is 14.6 Å². The van der Waals surface area contributed by atoms with Crippen LogP contribution in [0.25, 0.3) is 22.6 Å². The van der Waals surface area contributed by atoms with Crippen LogP contribution in [0.5, 0.6) is 0 Å². The van der Waals surface area contributed by atoms with E-state index in [0.717, 1.165) is 11.3 Å². The number of aryl methyl sites for hydroxylation is 1. The molecule has 0 aromatic carbocycles. The van der Waals surface area contributed by atoms with Crippen LogP contribution in [-0.2, 0) is 13.1 Å². The Balaban J connectivity index is 1.76. The molecule has 4 aromatic rings. The van der Waals surface area contributed by atoms with Crippen molar-refractivity contribution >= 4 is 11.7 Å². The third-order valence-electron chi connectivity index (χ3n) is 4.84. The van der Waals surface area contributed by atoms with E-state index in [1.165, 1.54) is 12.3 Å². The van der Waals surface area contributed by atoms with E-state index in [1.807, 2.05) is 25.1 Å². The number of nitrogens with two attached hydrogens (primary N) is 1. The maximum absolute atomic E-state index is 12.9. The Morgan fingerprint density at radius 1 is 1.19 bits per heavy atom. The first-order valence-corrected chi connectivity index (χ1v) is 9.80. The molecule has 4 aromatic heterocycles. The van der Waals surface area contributed by atoms with Gasteiger partial charge in [0, 0.05) is 36.1 Å². The van der Waals surface area contributed by atoms with Crippen molar-refractivity contribution in [1.82, 2.24) is 19.9 Å². The molecule has 4 rings (SSSR count). The van der Waals surface area contributed by atoms with Crippen molar-refractivity contribution in [1.29, 1.82) is 0 Å². The van der Waals surface area contributed by atoms with Crippen LogP contribution in [0.1, 0.15) is 23.0 Å². The number of pyridine rings is 3. The minimum atomic E-state index is -0.369. The highest BCUT2D eigenvalue weighted by Crippen LogP contribution is 2.33. The van der Waals surface area contributed by atoms with Gasteiger partial charge in [-0.2, -0.15) is 0 Å². The Bertz CT molecular complexity index is 1260. The predicted octanol–water partition coefficient (Wildman–Crippen LogP) is 3.10. The molecule has 0 radical (unpaired) electrons. The lowest BCUT2D eigenvalue weighted by Crippen LogP contribution is -2.25. The molecule has 8 nitrogen and oxygen atoms in total. The zero-order valence-electron chi connectivity index (χ0n) is 16.9. The predicted molar refractivity (Wildman–Crippen MR) is 117 cm³/mol. The number of furan rings is 1. The van der Waals surface area contributed by atoms with Crippen molar-refractivity contribution in [2.75, 3.05) is 5.73 Å². The number of amides is 1. The summed E-state index contributed by atoms with van der Waals surface area (Å²) in [4.78, 5) is 33.6. The smallest absolute Gasteiger partial charge is 0.255 e.